The molecule has 98 valence electrons. The number of hydrogen-bond acceptors (Lipinski definition) is 4. The first-order valence-corrected chi connectivity index (χ1v) is 7.99. The summed E-state index contributed by atoms with van der Waals surface area (Å²) in [6.07, 6.45) is 3.49. The standard InChI is InChI=1S/C12H24N3OP/c1-4-7-10(13)17(16,11(14)8-5-2)12(15)9-6-3/h13-15H,4-9H2,1-3H3. The van der Waals surface area contributed by atoms with Crippen LogP contribution in [0.3, 0.4) is 0 Å². The molecule has 5 heteroatoms. The van der Waals surface area contributed by atoms with Crippen molar-refractivity contribution in [2.24, 2.45) is 0 Å². The summed E-state index contributed by atoms with van der Waals surface area (Å²) in [6.45, 7) is 5.77. The molecule has 0 aromatic rings. The van der Waals surface area contributed by atoms with Crippen LogP contribution in [0.1, 0.15) is 59.3 Å². The van der Waals surface area contributed by atoms with Crippen molar-refractivity contribution in [2.45, 2.75) is 59.3 Å². The van der Waals surface area contributed by atoms with Crippen LogP contribution in [0.25, 0.3) is 0 Å². The average Bonchev–Trinajstić information content (AvgIpc) is 2.28. The van der Waals surface area contributed by atoms with Gasteiger partial charge in [0.05, 0.1) is 16.4 Å². The quantitative estimate of drug-likeness (QED) is 0.406. The maximum absolute atomic E-state index is 12.8. The van der Waals surface area contributed by atoms with E-state index in [9.17, 15) is 4.57 Å². The Morgan fingerprint density at radius 2 is 1.00 bits per heavy atom. The van der Waals surface area contributed by atoms with Gasteiger partial charge in [-0.1, -0.05) is 40.0 Å². The number of rotatable bonds is 9. The minimum absolute atomic E-state index is 0.0944. The number of hydrogen-bond donors (Lipinski definition) is 3. The van der Waals surface area contributed by atoms with Crippen LogP contribution in [0.2, 0.25) is 0 Å². The van der Waals surface area contributed by atoms with Crippen molar-refractivity contribution in [2.75, 3.05) is 0 Å². The molecule has 0 rings (SSSR count). The molecule has 0 radical (unpaired) electrons. The normalized spacial score (nSPS) is 14.1. The van der Waals surface area contributed by atoms with Gasteiger partial charge in [0.25, 0.3) is 0 Å². The molecule has 0 saturated carbocycles. The van der Waals surface area contributed by atoms with Crippen molar-refractivity contribution in [3.8, 4) is 0 Å². The van der Waals surface area contributed by atoms with E-state index in [1.807, 2.05) is 20.8 Å². The lowest BCUT2D eigenvalue weighted by Gasteiger charge is -2.20. The Kier molecular flexibility index (Phi) is 7.21. The summed E-state index contributed by atoms with van der Waals surface area (Å²) in [4.78, 5) is 0. The van der Waals surface area contributed by atoms with Gasteiger partial charge in [0.1, 0.15) is 0 Å². The zero-order chi connectivity index (χ0) is 13.5. The molecule has 0 spiro atoms. The predicted octanol–water partition coefficient (Wildman–Crippen LogP) is 4.68. The van der Waals surface area contributed by atoms with Gasteiger partial charge in [0.2, 0.25) is 7.14 Å². The van der Waals surface area contributed by atoms with Gasteiger partial charge in [0.15, 0.2) is 0 Å². The van der Waals surface area contributed by atoms with Gasteiger partial charge >= 0.3 is 0 Å². The van der Waals surface area contributed by atoms with E-state index in [0.29, 0.717) is 19.3 Å². The van der Waals surface area contributed by atoms with Crippen molar-refractivity contribution in [3.05, 3.63) is 0 Å². The molecular weight excluding hydrogens is 233 g/mol. The second-order valence-corrected chi connectivity index (χ2v) is 7.04. The van der Waals surface area contributed by atoms with Crippen molar-refractivity contribution in [3.63, 3.8) is 0 Å². The highest BCUT2D eigenvalue weighted by Gasteiger charge is 2.35. The van der Waals surface area contributed by atoms with E-state index in [2.05, 4.69) is 0 Å². The number of nitrogens with one attached hydrogen (secondary N) is 3. The van der Waals surface area contributed by atoms with Gasteiger partial charge < -0.3 is 20.8 Å². The highest BCUT2D eigenvalue weighted by atomic mass is 31.2. The van der Waals surface area contributed by atoms with Gasteiger partial charge in [-0.2, -0.15) is 0 Å². The maximum Gasteiger partial charge on any atom is 0.209 e. The average molecular weight is 257 g/mol. The van der Waals surface area contributed by atoms with Gasteiger partial charge in [0, 0.05) is 0 Å². The van der Waals surface area contributed by atoms with Crippen LogP contribution in [-0.4, -0.2) is 16.4 Å². The molecular formula is C12H24N3OP. The fraction of sp³-hybridized carbons (Fsp3) is 0.750. The van der Waals surface area contributed by atoms with Crippen molar-refractivity contribution in [1.29, 1.82) is 16.2 Å². The van der Waals surface area contributed by atoms with E-state index in [4.69, 9.17) is 16.2 Å². The van der Waals surface area contributed by atoms with E-state index in [0.717, 1.165) is 19.3 Å². The predicted molar refractivity (Wildman–Crippen MR) is 75.5 cm³/mol. The van der Waals surface area contributed by atoms with Gasteiger partial charge in [-0.15, -0.1) is 0 Å². The Morgan fingerprint density at radius 1 is 0.765 bits per heavy atom. The summed E-state index contributed by atoms with van der Waals surface area (Å²) in [5.41, 5.74) is 0.283. The summed E-state index contributed by atoms with van der Waals surface area (Å²) in [5, 5.41) is 23.7. The Hall–Kier alpha value is -0.760. The summed E-state index contributed by atoms with van der Waals surface area (Å²) in [7, 11) is -3.29. The van der Waals surface area contributed by atoms with Gasteiger partial charge in [-0.25, -0.2) is 0 Å². The Labute approximate surface area is 104 Å². The highest BCUT2D eigenvalue weighted by molar-refractivity contribution is 8.06. The van der Waals surface area contributed by atoms with E-state index in [1.165, 1.54) is 0 Å². The second-order valence-electron chi connectivity index (χ2n) is 4.20. The van der Waals surface area contributed by atoms with Crippen LogP contribution in [-0.2, 0) is 4.57 Å². The van der Waals surface area contributed by atoms with E-state index >= 15 is 0 Å². The molecule has 17 heavy (non-hydrogen) atoms. The molecule has 0 heterocycles. The van der Waals surface area contributed by atoms with Crippen molar-refractivity contribution in [1.82, 2.24) is 0 Å². The molecule has 0 amide bonds. The SMILES string of the molecule is CCCC(=N)P(=O)(C(=N)CCC)C(=N)CCC. The van der Waals surface area contributed by atoms with Crippen LogP contribution in [0, 0.1) is 16.2 Å². The molecule has 0 saturated heterocycles. The van der Waals surface area contributed by atoms with Gasteiger partial charge in [-0.3, -0.25) is 0 Å². The van der Waals surface area contributed by atoms with Crippen LogP contribution in [0.4, 0.5) is 0 Å². The van der Waals surface area contributed by atoms with Crippen LogP contribution < -0.4 is 0 Å². The second kappa shape index (κ2) is 7.54. The highest BCUT2D eigenvalue weighted by Crippen LogP contribution is 2.52. The molecule has 0 aromatic heterocycles. The minimum atomic E-state index is -3.29. The van der Waals surface area contributed by atoms with E-state index in [-0.39, 0.29) is 16.4 Å². The molecule has 0 aliphatic rings. The Bertz CT molecular complexity index is 297. The Morgan fingerprint density at radius 3 is 1.18 bits per heavy atom. The zero-order valence-electron chi connectivity index (χ0n) is 11.1. The van der Waals surface area contributed by atoms with E-state index < -0.39 is 7.14 Å². The summed E-state index contributed by atoms with van der Waals surface area (Å²) in [5.74, 6) is 0. The molecule has 3 N–H and O–H groups in total. The molecule has 0 bridgehead atoms. The maximum atomic E-state index is 12.8. The molecule has 0 unspecified atom stereocenters. The molecule has 0 aliphatic heterocycles. The minimum Gasteiger partial charge on any atom is -0.305 e. The Balaban J connectivity index is 5.20. The summed E-state index contributed by atoms with van der Waals surface area (Å²) < 4.78 is 12.8. The lowest BCUT2D eigenvalue weighted by atomic mass is 10.3. The molecule has 0 atom stereocenters. The van der Waals surface area contributed by atoms with Crippen molar-refractivity contribution < 1.29 is 4.57 Å². The third-order valence-electron chi connectivity index (χ3n) is 2.60. The first-order valence-electron chi connectivity index (χ1n) is 6.29. The first kappa shape index (κ1) is 16.2. The van der Waals surface area contributed by atoms with Crippen molar-refractivity contribution >= 4 is 23.5 Å². The summed E-state index contributed by atoms with van der Waals surface area (Å²) >= 11 is 0. The van der Waals surface area contributed by atoms with Gasteiger partial charge in [-0.05, 0) is 19.3 Å². The van der Waals surface area contributed by atoms with E-state index in [1.54, 1.807) is 0 Å². The molecule has 0 aliphatic carbocycles. The lowest BCUT2D eigenvalue weighted by molar-refractivity contribution is 0.593. The fourth-order valence-electron chi connectivity index (χ4n) is 1.67. The molecule has 4 nitrogen and oxygen atoms in total. The monoisotopic (exact) mass is 257 g/mol. The van der Waals surface area contributed by atoms with Crippen LogP contribution in [0.5, 0.6) is 0 Å². The third kappa shape index (κ3) is 3.88. The first-order chi connectivity index (χ1) is 7.94. The fourth-order valence-corrected chi connectivity index (χ4v) is 4.26. The zero-order valence-corrected chi connectivity index (χ0v) is 12.0. The van der Waals surface area contributed by atoms with Crippen LogP contribution >= 0.6 is 7.14 Å². The molecule has 0 fully saturated rings. The van der Waals surface area contributed by atoms with Crippen LogP contribution in [0.15, 0.2) is 0 Å². The molecule has 0 aromatic carbocycles. The topological polar surface area (TPSA) is 88.6 Å². The smallest absolute Gasteiger partial charge is 0.209 e. The lowest BCUT2D eigenvalue weighted by Crippen LogP contribution is -2.15. The third-order valence-corrected chi connectivity index (χ3v) is 5.55. The largest absolute Gasteiger partial charge is 0.305 e. The summed E-state index contributed by atoms with van der Waals surface area (Å²) in [6, 6.07) is 0.